The van der Waals surface area contributed by atoms with Gasteiger partial charge in [0.25, 0.3) is 0 Å². The number of phosphoric acid groups is 1. The number of carbonyl (C=O) groups excluding carboxylic acids is 1. The molecule has 0 aliphatic carbocycles. The summed E-state index contributed by atoms with van der Waals surface area (Å²) in [6.45, 7) is 4.77. The van der Waals surface area contributed by atoms with Crippen molar-refractivity contribution in [1.82, 2.24) is 0 Å². The van der Waals surface area contributed by atoms with E-state index >= 15 is 0 Å². The molecule has 0 rings (SSSR count). The van der Waals surface area contributed by atoms with Crippen LogP contribution < -0.4 is 5.73 Å². The summed E-state index contributed by atoms with van der Waals surface area (Å²) < 4.78 is 33.4. The zero-order valence-corrected chi connectivity index (χ0v) is 33.7. The Morgan fingerprint density at radius 2 is 1.10 bits per heavy atom. The highest BCUT2D eigenvalue weighted by molar-refractivity contribution is 7.47. The van der Waals surface area contributed by atoms with E-state index in [1.807, 2.05) is 0 Å². The van der Waals surface area contributed by atoms with E-state index < -0.39 is 13.9 Å². The number of unbranched alkanes of at least 4 members (excludes halogenated alkanes) is 18. The fraction of sp³-hybridized carbons (Fsp3) is 0.786. The molecule has 0 amide bonds. The zero-order chi connectivity index (χ0) is 37.4. The molecular weight excluding hydrogens is 661 g/mol. The summed E-state index contributed by atoms with van der Waals surface area (Å²) in [6.07, 6.45) is 45.5. The first-order valence-corrected chi connectivity index (χ1v) is 22.1. The van der Waals surface area contributed by atoms with E-state index in [9.17, 15) is 14.3 Å². The molecule has 0 aliphatic rings. The van der Waals surface area contributed by atoms with Gasteiger partial charge < -0.3 is 20.1 Å². The normalized spacial score (nSPS) is 14.0. The lowest BCUT2D eigenvalue weighted by Crippen LogP contribution is -2.28. The van der Waals surface area contributed by atoms with Crippen molar-refractivity contribution in [1.29, 1.82) is 0 Å². The molecule has 3 N–H and O–H groups in total. The van der Waals surface area contributed by atoms with Gasteiger partial charge in [-0.3, -0.25) is 13.8 Å². The minimum absolute atomic E-state index is 0.0963. The zero-order valence-electron chi connectivity index (χ0n) is 32.8. The maximum absolute atomic E-state index is 12.6. The van der Waals surface area contributed by atoms with Crippen LogP contribution >= 0.6 is 7.82 Å². The van der Waals surface area contributed by atoms with Crippen LogP contribution in [0, 0.1) is 0 Å². The Kier molecular flexibility index (Phi) is 38.5. The molecule has 51 heavy (non-hydrogen) atoms. The number of phosphoric ester groups is 1. The Bertz CT molecular complexity index is 921. The number of esters is 1. The quantitative estimate of drug-likeness (QED) is 0.0277. The van der Waals surface area contributed by atoms with Crippen LogP contribution in [-0.4, -0.2) is 49.9 Å². The van der Waals surface area contributed by atoms with E-state index in [0.717, 1.165) is 70.6 Å². The maximum Gasteiger partial charge on any atom is 0.472 e. The lowest BCUT2D eigenvalue weighted by molar-refractivity contribution is -0.154. The van der Waals surface area contributed by atoms with Crippen LogP contribution in [0.3, 0.4) is 0 Å². The highest BCUT2D eigenvalue weighted by Gasteiger charge is 2.25. The topological polar surface area (TPSA) is 117 Å². The molecule has 8 nitrogen and oxygen atoms in total. The van der Waals surface area contributed by atoms with Gasteiger partial charge in [0.05, 0.1) is 19.8 Å². The molecule has 0 aromatic rings. The van der Waals surface area contributed by atoms with Gasteiger partial charge in [-0.15, -0.1) is 0 Å². The molecule has 0 aliphatic heterocycles. The summed E-state index contributed by atoms with van der Waals surface area (Å²) in [7, 11) is -4.28. The van der Waals surface area contributed by atoms with Crippen LogP contribution in [0.1, 0.15) is 174 Å². The first-order chi connectivity index (χ1) is 24.9. The highest BCUT2D eigenvalue weighted by atomic mass is 31.2. The lowest BCUT2D eigenvalue weighted by Gasteiger charge is -2.20. The van der Waals surface area contributed by atoms with Gasteiger partial charge in [-0.2, -0.15) is 0 Å². The first-order valence-electron chi connectivity index (χ1n) is 20.6. The maximum atomic E-state index is 12.6. The van der Waals surface area contributed by atoms with E-state index in [1.165, 1.54) is 83.5 Å². The van der Waals surface area contributed by atoms with E-state index in [-0.39, 0.29) is 32.3 Å². The van der Waals surface area contributed by atoms with Gasteiger partial charge in [-0.05, 0) is 51.4 Å². The molecule has 2 unspecified atom stereocenters. The van der Waals surface area contributed by atoms with Crippen LogP contribution in [0.5, 0.6) is 0 Å². The van der Waals surface area contributed by atoms with Crippen molar-refractivity contribution in [2.45, 2.75) is 180 Å². The minimum Gasteiger partial charge on any atom is -0.457 e. The Morgan fingerprint density at radius 3 is 1.65 bits per heavy atom. The van der Waals surface area contributed by atoms with Crippen LogP contribution in [0.4, 0.5) is 0 Å². The molecule has 0 radical (unpaired) electrons. The fourth-order valence-corrected chi connectivity index (χ4v) is 6.28. The third-order valence-corrected chi connectivity index (χ3v) is 9.49. The number of nitrogens with two attached hydrogens (primary N) is 1. The van der Waals surface area contributed by atoms with Crippen molar-refractivity contribution in [2.75, 3.05) is 33.0 Å². The Hall–Kier alpha value is -1.54. The average Bonchev–Trinajstić information content (AvgIpc) is 3.12. The predicted octanol–water partition coefficient (Wildman–Crippen LogP) is 12.0. The van der Waals surface area contributed by atoms with Crippen LogP contribution in [0.2, 0.25) is 0 Å². The van der Waals surface area contributed by atoms with Crippen molar-refractivity contribution in [3.63, 3.8) is 0 Å². The Balaban J connectivity index is 4.09. The van der Waals surface area contributed by atoms with Gasteiger partial charge in [-0.1, -0.05) is 165 Å². The van der Waals surface area contributed by atoms with E-state index in [2.05, 4.69) is 62.5 Å². The van der Waals surface area contributed by atoms with Crippen molar-refractivity contribution in [2.24, 2.45) is 5.73 Å². The van der Waals surface area contributed by atoms with Gasteiger partial charge in [-0.25, -0.2) is 4.57 Å². The number of hydrogen-bond acceptors (Lipinski definition) is 7. The van der Waals surface area contributed by atoms with Crippen LogP contribution in [-0.2, 0) is 27.9 Å². The van der Waals surface area contributed by atoms with Gasteiger partial charge in [0.2, 0.25) is 0 Å². The summed E-state index contributed by atoms with van der Waals surface area (Å²) in [4.78, 5) is 22.4. The second-order valence-electron chi connectivity index (χ2n) is 13.5. The molecular formula is C42H78NO7P. The van der Waals surface area contributed by atoms with Crippen molar-refractivity contribution in [3.8, 4) is 0 Å². The van der Waals surface area contributed by atoms with Crippen LogP contribution in [0.25, 0.3) is 0 Å². The molecule has 0 heterocycles. The SMILES string of the molecule is CC/C=C\C/C=C\C/C=C\C/C=C\CCCCCCCOCC(COP(=O)(O)OCCN)OC(=O)CCCCCCCCCCCCCCCC. The van der Waals surface area contributed by atoms with Crippen molar-refractivity contribution < 1.29 is 32.8 Å². The third-order valence-electron chi connectivity index (χ3n) is 8.51. The number of allylic oxidation sites excluding steroid dienone is 8. The molecule has 0 fully saturated rings. The highest BCUT2D eigenvalue weighted by Crippen LogP contribution is 2.43. The molecule has 0 spiro atoms. The predicted molar refractivity (Wildman–Crippen MR) is 215 cm³/mol. The monoisotopic (exact) mass is 740 g/mol. The van der Waals surface area contributed by atoms with Crippen molar-refractivity contribution >= 4 is 13.8 Å². The van der Waals surface area contributed by atoms with E-state index in [4.69, 9.17) is 24.3 Å². The van der Waals surface area contributed by atoms with Gasteiger partial charge in [0.1, 0.15) is 6.10 Å². The molecule has 0 saturated heterocycles. The van der Waals surface area contributed by atoms with Gasteiger partial charge in [0.15, 0.2) is 0 Å². The largest absolute Gasteiger partial charge is 0.472 e. The third kappa shape index (κ3) is 39.5. The number of carbonyl (C=O) groups is 1. The van der Waals surface area contributed by atoms with Gasteiger partial charge in [0, 0.05) is 19.6 Å². The lowest BCUT2D eigenvalue weighted by atomic mass is 10.0. The molecule has 0 saturated carbocycles. The fourth-order valence-electron chi connectivity index (χ4n) is 5.52. The molecule has 9 heteroatoms. The molecule has 298 valence electrons. The summed E-state index contributed by atoms with van der Waals surface area (Å²) in [5.41, 5.74) is 5.36. The molecule has 2 atom stereocenters. The smallest absolute Gasteiger partial charge is 0.457 e. The van der Waals surface area contributed by atoms with E-state index in [0.29, 0.717) is 13.0 Å². The summed E-state index contributed by atoms with van der Waals surface area (Å²) in [6, 6.07) is 0. The van der Waals surface area contributed by atoms with Crippen molar-refractivity contribution in [3.05, 3.63) is 48.6 Å². The second-order valence-corrected chi connectivity index (χ2v) is 14.9. The van der Waals surface area contributed by atoms with Crippen LogP contribution in [0.15, 0.2) is 48.6 Å². The minimum atomic E-state index is -4.28. The second kappa shape index (κ2) is 39.7. The van der Waals surface area contributed by atoms with E-state index in [1.54, 1.807) is 0 Å². The molecule has 0 aromatic heterocycles. The average molecular weight is 740 g/mol. The first kappa shape index (κ1) is 49.5. The van der Waals surface area contributed by atoms with Gasteiger partial charge >= 0.3 is 13.8 Å². The summed E-state index contributed by atoms with van der Waals surface area (Å²) in [5.74, 6) is -0.338. The Morgan fingerprint density at radius 1 is 0.608 bits per heavy atom. The Labute approximate surface area is 313 Å². The molecule has 0 bridgehead atoms. The standard InChI is InChI=1S/C42H78NO7P/c1-3-5-7-9-11-13-15-17-19-20-21-22-24-26-28-30-32-34-37-47-39-41(40-49-51(45,46)48-38-36-43)50-42(44)35-33-31-29-27-25-23-18-16-14-12-10-8-6-4-2/h5,7,11,13,17,19,21-22,41H,3-4,6,8-10,12,14-16,18,20,23-40,43H2,1-2H3,(H,45,46)/b7-5-,13-11-,19-17-,22-21-. The number of rotatable bonds is 39. The summed E-state index contributed by atoms with van der Waals surface area (Å²) in [5, 5.41) is 0. The summed E-state index contributed by atoms with van der Waals surface area (Å²) >= 11 is 0. The number of hydrogen-bond donors (Lipinski definition) is 2. The number of ether oxygens (including phenoxy) is 2. The molecule has 0 aromatic carbocycles.